The van der Waals surface area contributed by atoms with Gasteiger partial charge in [-0.1, -0.05) is 6.92 Å². The van der Waals surface area contributed by atoms with E-state index in [0.29, 0.717) is 12.6 Å². The number of hydrogen-bond donors (Lipinski definition) is 2. The second kappa shape index (κ2) is 6.05. The standard InChI is InChI=1S/C7H17NO/c1-3-7(8-2)5-4-6-9/h7-9H,3-6H2,1-2H3/t7-/m1/s1. The van der Waals surface area contributed by atoms with Gasteiger partial charge in [0.2, 0.25) is 0 Å². The Morgan fingerprint density at radius 3 is 2.56 bits per heavy atom. The van der Waals surface area contributed by atoms with E-state index in [0.717, 1.165) is 19.3 Å². The van der Waals surface area contributed by atoms with E-state index in [-0.39, 0.29) is 0 Å². The summed E-state index contributed by atoms with van der Waals surface area (Å²) in [5, 5.41) is 11.7. The molecule has 0 saturated carbocycles. The van der Waals surface area contributed by atoms with Crippen LogP contribution in [0, 0.1) is 0 Å². The Kier molecular flexibility index (Phi) is 5.99. The van der Waals surface area contributed by atoms with E-state index in [9.17, 15) is 0 Å². The Morgan fingerprint density at radius 1 is 1.56 bits per heavy atom. The molecule has 56 valence electrons. The van der Waals surface area contributed by atoms with Crippen molar-refractivity contribution in [1.82, 2.24) is 5.32 Å². The summed E-state index contributed by atoms with van der Waals surface area (Å²) in [6.45, 7) is 2.47. The number of aliphatic hydroxyl groups excluding tert-OH is 1. The van der Waals surface area contributed by atoms with Crippen molar-refractivity contribution in [3.8, 4) is 0 Å². The molecule has 0 aromatic carbocycles. The zero-order valence-corrected chi connectivity index (χ0v) is 6.35. The molecule has 0 amide bonds. The van der Waals surface area contributed by atoms with E-state index in [4.69, 9.17) is 5.11 Å². The Bertz CT molecular complexity index is 52.9. The second-order valence-corrected chi connectivity index (χ2v) is 2.26. The summed E-state index contributed by atoms with van der Waals surface area (Å²) in [5.74, 6) is 0. The van der Waals surface area contributed by atoms with Crippen LogP contribution < -0.4 is 5.32 Å². The van der Waals surface area contributed by atoms with Gasteiger partial charge in [0.15, 0.2) is 0 Å². The summed E-state index contributed by atoms with van der Waals surface area (Å²) in [6, 6.07) is 0.595. The lowest BCUT2D eigenvalue weighted by Gasteiger charge is -2.11. The molecule has 0 aliphatic carbocycles. The van der Waals surface area contributed by atoms with Gasteiger partial charge in [0.05, 0.1) is 0 Å². The molecule has 0 heterocycles. The van der Waals surface area contributed by atoms with Crippen LogP contribution in [-0.2, 0) is 0 Å². The van der Waals surface area contributed by atoms with Gasteiger partial charge in [-0.2, -0.15) is 0 Å². The van der Waals surface area contributed by atoms with Gasteiger partial charge in [0.1, 0.15) is 0 Å². The molecule has 0 spiro atoms. The van der Waals surface area contributed by atoms with Crippen LogP contribution in [0.3, 0.4) is 0 Å². The van der Waals surface area contributed by atoms with Crippen molar-refractivity contribution in [2.24, 2.45) is 0 Å². The predicted octanol–water partition coefficient (Wildman–Crippen LogP) is 0.757. The normalized spacial score (nSPS) is 13.7. The molecule has 2 heteroatoms. The highest BCUT2D eigenvalue weighted by atomic mass is 16.2. The highest BCUT2D eigenvalue weighted by Crippen LogP contribution is 1.98. The minimum atomic E-state index is 0.318. The zero-order valence-electron chi connectivity index (χ0n) is 6.35. The smallest absolute Gasteiger partial charge is 0.0431 e. The first-order valence-electron chi connectivity index (χ1n) is 3.63. The lowest BCUT2D eigenvalue weighted by molar-refractivity contribution is 0.275. The molecule has 0 aromatic heterocycles. The van der Waals surface area contributed by atoms with Gasteiger partial charge in [-0.05, 0) is 26.3 Å². The minimum absolute atomic E-state index is 0.318. The molecular formula is C7H17NO. The van der Waals surface area contributed by atoms with Gasteiger partial charge >= 0.3 is 0 Å². The van der Waals surface area contributed by atoms with Crippen molar-refractivity contribution in [2.45, 2.75) is 32.2 Å². The fourth-order valence-corrected chi connectivity index (χ4v) is 0.890. The first kappa shape index (κ1) is 8.92. The molecule has 1 atom stereocenters. The van der Waals surface area contributed by atoms with Gasteiger partial charge in [-0.15, -0.1) is 0 Å². The highest BCUT2D eigenvalue weighted by Gasteiger charge is 1.99. The summed E-state index contributed by atoms with van der Waals surface area (Å²) in [5.41, 5.74) is 0. The van der Waals surface area contributed by atoms with E-state index >= 15 is 0 Å². The molecule has 0 bridgehead atoms. The third-order valence-corrected chi connectivity index (χ3v) is 1.61. The topological polar surface area (TPSA) is 32.3 Å². The van der Waals surface area contributed by atoms with Crippen LogP contribution in [0.5, 0.6) is 0 Å². The fourth-order valence-electron chi connectivity index (χ4n) is 0.890. The Balaban J connectivity index is 3.09. The van der Waals surface area contributed by atoms with Gasteiger partial charge in [-0.3, -0.25) is 0 Å². The van der Waals surface area contributed by atoms with Crippen molar-refractivity contribution in [2.75, 3.05) is 13.7 Å². The Morgan fingerprint density at radius 2 is 2.22 bits per heavy atom. The number of rotatable bonds is 5. The molecule has 0 aromatic rings. The average molecular weight is 131 g/mol. The predicted molar refractivity (Wildman–Crippen MR) is 39.5 cm³/mol. The molecular weight excluding hydrogens is 114 g/mol. The van der Waals surface area contributed by atoms with Crippen LogP contribution in [0.4, 0.5) is 0 Å². The monoisotopic (exact) mass is 131 g/mol. The van der Waals surface area contributed by atoms with Gasteiger partial charge in [0.25, 0.3) is 0 Å². The lowest BCUT2D eigenvalue weighted by atomic mass is 10.1. The van der Waals surface area contributed by atoms with E-state index in [1.54, 1.807) is 0 Å². The van der Waals surface area contributed by atoms with Crippen LogP contribution in [0.25, 0.3) is 0 Å². The van der Waals surface area contributed by atoms with E-state index in [2.05, 4.69) is 12.2 Å². The summed E-state index contributed by atoms with van der Waals surface area (Å²) in [6.07, 6.45) is 3.15. The van der Waals surface area contributed by atoms with Gasteiger partial charge < -0.3 is 10.4 Å². The SMILES string of the molecule is CC[C@H](CCCO)NC. The van der Waals surface area contributed by atoms with Crippen molar-refractivity contribution in [3.63, 3.8) is 0 Å². The van der Waals surface area contributed by atoms with Gasteiger partial charge in [-0.25, -0.2) is 0 Å². The Hall–Kier alpha value is -0.0800. The summed E-state index contributed by atoms with van der Waals surface area (Å²) in [7, 11) is 1.96. The molecule has 2 N–H and O–H groups in total. The maximum Gasteiger partial charge on any atom is 0.0431 e. The van der Waals surface area contributed by atoms with Crippen molar-refractivity contribution in [3.05, 3.63) is 0 Å². The van der Waals surface area contributed by atoms with E-state index in [1.165, 1.54) is 0 Å². The first-order valence-corrected chi connectivity index (χ1v) is 3.63. The highest BCUT2D eigenvalue weighted by molar-refractivity contribution is 4.60. The minimum Gasteiger partial charge on any atom is -0.396 e. The van der Waals surface area contributed by atoms with E-state index in [1.807, 2.05) is 7.05 Å². The van der Waals surface area contributed by atoms with Crippen LogP contribution in [0.1, 0.15) is 26.2 Å². The van der Waals surface area contributed by atoms with Crippen molar-refractivity contribution in [1.29, 1.82) is 0 Å². The van der Waals surface area contributed by atoms with Crippen molar-refractivity contribution < 1.29 is 5.11 Å². The molecule has 0 unspecified atom stereocenters. The summed E-state index contributed by atoms with van der Waals surface area (Å²) in [4.78, 5) is 0. The van der Waals surface area contributed by atoms with Crippen LogP contribution >= 0.6 is 0 Å². The molecule has 0 radical (unpaired) electrons. The third-order valence-electron chi connectivity index (χ3n) is 1.61. The van der Waals surface area contributed by atoms with Crippen LogP contribution in [0.15, 0.2) is 0 Å². The molecule has 2 nitrogen and oxygen atoms in total. The quantitative estimate of drug-likeness (QED) is 0.577. The number of hydrogen-bond acceptors (Lipinski definition) is 2. The van der Waals surface area contributed by atoms with Crippen LogP contribution in [0.2, 0.25) is 0 Å². The average Bonchev–Trinajstić information content (AvgIpc) is 1.91. The van der Waals surface area contributed by atoms with Crippen molar-refractivity contribution >= 4 is 0 Å². The van der Waals surface area contributed by atoms with E-state index < -0.39 is 0 Å². The van der Waals surface area contributed by atoms with Gasteiger partial charge in [0, 0.05) is 12.6 Å². The van der Waals surface area contributed by atoms with Crippen LogP contribution in [-0.4, -0.2) is 24.8 Å². The molecule has 9 heavy (non-hydrogen) atoms. The third kappa shape index (κ3) is 4.43. The zero-order chi connectivity index (χ0) is 7.11. The molecule has 0 fully saturated rings. The number of aliphatic hydroxyl groups is 1. The molecule has 0 aliphatic heterocycles. The maximum atomic E-state index is 8.48. The first-order chi connectivity index (χ1) is 4.35. The molecule has 0 saturated heterocycles. The Labute approximate surface area is 57.3 Å². The second-order valence-electron chi connectivity index (χ2n) is 2.26. The molecule has 0 rings (SSSR count). The largest absolute Gasteiger partial charge is 0.396 e. The summed E-state index contributed by atoms with van der Waals surface area (Å²) < 4.78 is 0. The number of nitrogens with one attached hydrogen (secondary N) is 1. The lowest BCUT2D eigenvalue weighted by Crippen LogP contribution is -2.24. The maximum absolute atomic E-state index is 8.48. The molecule has 0 aliphatic rings. The summed E-state index contributed by atoms with van der Waals surface area (Å²) >= 11 is 0. The fraction of sp³-hybridized carbons (Fsp3) is 1.00.